The van der Waals surface area contributed by atoms with Gasteiger partial charge >= 0.3 is 0 Å². The number of nitrogens with zero attached hydrogens (tertiary/aromatic N) is 2. The Morgan fingerprint density at radius 1 is 1.27 bits per heavy atom. The van der Waals surface area contributed by atoms with Crippen LogP contribution < -0.4 is 10.2 Å². The van der Waals surface area contributed by atoms with Gasteiger partial charge in [-0.3, -0.25) is 14.4 Å². The molecule has 0 unspecified atom stereocenters. The average Bonchev–Trinajstić information content (AvgIpc) is 3.42. The van der Waals surface area contributed by atoms with Gasteiger partial charge in [0.1, 0.15) is 11.4 Å². The molecule has 2 N–H and O–H groups in total. The number of aromatic nitrogens is 2. The third kappa shape index (κ3) is 4.82. The quantitative estimate of drug-likeness (QED) is 0.449. The van der Waals surface area contributed by atoms with E-state index in [1.165, 1.54) is 6.33 Å². The molecule has 2 heterocycles. The molecule has 9 heteroatoms. The Kier molecular flexibility index (Phi) is 7.14. The second-order valence-corrected chi connectivity index (χ2v) is 9.24. The fourth-order valence-corrected chi connectivity index (χ4v) is 5.17. The van der Waals surface area contributed by atoms with Crippen LogP contribution in [0.25, 0.3) is 0 Å². The van der Waals surface area contributed by atoms with E-state index >= 15 is 0 Å². The van der Waals surface area contributed by atoms with Crippen LogP contribution in [0, 0.1) is 5.41 Å². The van der Waals surface area contributed by atoms with Crippen molar-refractivity contribution in [3.63, 3.8) is 0 Å². The third-order valence-electron chi connectivity index (χ3n) is 6.82. The van der Waals surface area contributed by atoms with Gasteiger partial charge in [0.05, 0.1) is 22.5 Å². The predicted molar refractivity (Wildman–Crippen MR) is 125 cm³/mol. The average molecular weight is 473 g/mol. The number of rotatable bonds is 8. The summed E-state index contributed by atoms with van der Waals surface area (Å²) in [4.78, 5) is 47.2. The van der Waals surface area contributed by atoms with Gasteiger partial charge in [-0.15, -0.1) is 0 Å². The molecule has 0 bridgehead atoms. The monoisotopic (exact) mass is 472 g/mol. The van der Waals surface area contributed by atoms with Crippen LogP contribution in [0.3, 0.4) is 0 Å². The second kappa shape index (κ2) is 10.1. The number of Topliss-reactive ketones (excluding diaryl/α,β-unsaturated/α-hetero) is 1. The van der Waals surface area contributed by atoms with Gasteiger partial charge in [0.15, 0.2) is 5.78 Å². The van der Waals surface area contributed by atoms with Crippen molar-refractivity contribution in [2.45, 2.75) is 51.0 Å². The standard InChI is InChI=1S/C24H29ClN4O4/c1-33-14-4-7-19(30)20-21(27-15-26-20)22(31)28-16-8-10-24(11-9-16)12-13-29(23(24)32)18-6-3-2-5-17(18)25/h2-3,5-6,15-16H,4,7-14H2,1H3,(H,26,27)(H,28,31). The Labute approximate surface area is 198 Å². The highest BCUT2D eigenvalue weighted by atomic mass is 35.5. The number of benzene rings is 1. The fourth-order valence-electron chi connectivity index (χ4n) is 4.93. The molecule has 2 amide bonds. The Balaban J connectivity index is 1.35. The number of carbonyl (C=O) groups excluding carboxylic acids is 3. The van der Waals surface area contributed by atoms with Crippen LogP contribution in [0.1, 0.15) is 65.9 Å². The van der Waals surface area contributed by atoms with Gasteiger partial charge < -0.3 is 19.9 Å². The first-order valence-electron chi connectivity index (χ1n) is 11.4. The van der Waals surface area contributed by atoms with E-state index in [0.29, 0.717) is 50.3 Å². The molecule has 1 aliphatic carbocycles. The number of nitrogens with one attached hydrogen (secondary N) is 2. The molecule has 8 nitrogen and oxygen atoms in total. The lowest BCUT2D eigenvalue weighted by Crippen LogP contribution is -2.44. The minimum absolute atomic E-state index is 0.0509. The van der Waals surface area contributed by atoms with Gasteiger partial charge in [-0.05, 0) is 50.7 Å². The summed E-state index contributed by atoms with van der Waals surface area (Å²) in [5.74, 6) is -0.394. The van der Waals surface area contributed by atoms with Gasteiger partial charge in [-0.25, -0.2) is 4.98 Å². The van der Waals surface area contributed by atoms with E-state index in [1.54, 1.807) is 18.1 Å². The molecule has 1 saturated carbocycles. The summed E-state index contributed by atoms with van der Waals surface area (Å²) in [5, 5.41) is 3.60. The number of methoxy groups -OCH3 is 1. The van der Waals surface area contributed by atoms with Crippen molar-refractivity contribution in [2.75, 3.05) is 25.2 Å². The van der Waals surface area contributed by atoms with E-state index in [9.17, 15) is 14.4 Å². The Bertz CT molecular complexity index is 1030. The van der Waals surface area contributed by atoms with Gasteiger partial charge in [0.25, 0.3) is 5.91 Å². The molecule has 176 valence electrons. The van der Waals surface area contributed by atoms with Crippen molar-refractivity contribution < 1.29 is 19.1 Å². The van der Waals surface area contributed by atoms with E-state index in [-0.39, 0.29) is 41.4 Å². The number of amides is 2. The largest absolute Gasteiger partial charge is 0.385 e. The predicted octanol–water partition coefficient (Wildman–Crippen LogP) is 3.77. The Hall–Kier alpha value is -2.71. The van der Waals surface area contributed by atoms with Crippen molar-refractivity contribution in [3.05, 3.63) is 47.0 Å². The first kappa shape index (κ1) is 23.4. The number of anilines is 1. The van der Waals surface area contributed by atoms with E-state index in [4.69, 9.17) is 16.3 Å². The highest BCUT2D eigenvalue weighted by Crippen LogP contribution is 2.46. The summed E-state index contributed by atoms with van der Waals surface area (Å²) in [7, 11) is 1.58. The minimum atomic E-state index is -0.392. The SMILES string of the molecule is COCCCC(=O)c1nc[nH]c1C(=O)NC1CCC2(CC1)CCN(c1ccccc1Cl)C2=O. The maximum absolute atomic E-state index is 13.3. The molecule has 1 aliphatic heterocycles. The van der Waals surface area contributed by atoms with E-state index in [0.717, 1.165) is 12.1 Å². The maximum Gasteiger partial charge on any atom is 0.270 e. The zero-order chi connectivity index (χ0) is 23.4. The molecule has 0 atom stereocenters. The lowest BCUT2D eigenvalue weighted by atomic mass is 9.71. The van der Waals surface area contributed by atoms with Crippen LogP contribution in [-0.2, 0) is 9.53 Å². The topological polar surface area (TPSA) is 104 Å². The van der Waals surface area contributed by atoms with Gasteiger partial charge in [-0.2, -0.15) is 0 Å². The number of ketones is 1. The molecular formula is C24H29ClN4O4. The molecule has 0 radical (unpaired) electrons. The molecule has 33 heavy (non-hydrogen) atoms. The molecule has 1 aromatic heterocycles. The van der Waals surface area contributed by atoms with Crippen molar-refractivity contribution in [1.29, 1.82) is 0 Å². The van der Waals surface area contributed by atoms with Crippen LogP contribution in [-0.4, -0.2) is 53.9 Å². The summed E-state index contributed by atoms with van der Waals surface area (Å²) >= 11 is 6.32. The van der Waals surface area contributed by atoms with Crippen molar-refractivity contribution in [1.82, 2.24) is 15.3 Å². The van der Waals surface area contributed by atoms with Crippen molar-refractivity contribution >= 4 is 34.9 Å². The number of H-pyrrole nitrogens is 1. The normalized spacial score (nSPS) is 22.7. The lowest BCUT2D eigenvalue weighted by molar-refractivity contribution is -0.127. The number of aromatic amines is 1. The second-order valence-electron chi connectivity index (χ2n) is 8.83. The van der Waals surface area contributed by atoms with Crippen LogP contribution in [0.15, 0.2) is 30.6 Å². The summed E-state index contributed by atoms with van der Waals surface area (Å²) in [6.07, 6.45) is 5.85. The molecule has 2 fully saturated rings. The zero-order valence-corrected chi connectivity index (χ0v) is 19.5. The van der Waals surface area contributed by atoms with Crippen LogP contribution in [0.2, 0.25) is 5.02 Å². The van der Waals surface area contributed by atoms with Crippen molar-refractivity contribution in [3.8, 4) is 0 Å². The lowest BCUT2D eigenvalue weighted by Gasteiger charge is -2.36. The van der Waals surface area contributed by atoms with Gasteiger partial charge in [-0.1, -0.05) is 23.7 Å². The van der Waals surface area contributed by atoms with E-state index < -0.39 is 5.41 Å². The first-order valence-corrected chi connectivity index (χ1v) is 11.8. The number of carbonyl (C=O) groups is 3. The van der Waals surface area contributed by atoms with Crippen molar-refractivity contribution in [2.24, 2.45) is 5.41 Å². The summed E-state index contributed by atoms with van der Waals surface area (Å²) in [6, 6.07) is 7.37. The number of ether oxygens (including phenoxy) is 1. The third-order valence-corrected chi connectivity index (χ3v) is 7.14. The minimum Gasteiger partial charge on any atom is -0.385 e. The summed E-state index contributed by atoms with van der Waals surface area (Å²) in [5.41, 5.74) is 0.729. The number of halogens is 1. The Morgan fingerprint density at radius 2 is 2.03 bits per heavy atom. The number of hydrogen-bond acceptors (Lipinski definition) is 5. The Morgan fingerprint density at radius 3 is 2.76 bits per heavy atom. The molecule has 1 saturated heterocycles. The molecular weight excluding hydrogens is 444 g/mol. The van der Waals surface area contributed by atoms with Crippen LogP contribution in [0.4, 0.5) is 5.69 Å². The van der Waals surface area contributed by atoms with Crippen LogP contribution in [0.5, 0.6) is 0 Å². The van der Waals surface area contributed by atoms with E-state index in [2.05, 4.69) is 15.3 Å². The van der Waals surface area contributed by atoms with Gasteiger partial charge in [0.2, 0.25) is 5.91 Å². The molecule has 4 rings (SSSR count). The fraction of sp³-hybridized carbons (Fsp3) is 0.500. The van der Waals surface area contributed by atoms with Crippen LogP contribution >= 0.6 is 11.6 Å². The smallest absolute Gasteiger partial charge is 0.270 e. The zero-order valence-electron chi connectivity index (χ0n) is 18.7. The summed E-state index contributed by atoms with van der Waals surface area (Å²) < 4.78 is 4.98. The summed E-state index contributed by atoms with van der Waals surface area (Å²) in [6.45, 7) is 1.14. The number of imidazole rings is 1. The highest BCUT2D eigenvalue weighted by molar-refractivity contribution is 6.34. The maximum atomic E-state index is 13.3. The molecule has 1 aromatic carbocycles. The van der Waals surface area contributed by atoms with E-state index in [1.807, 2.05) is 18.2 Å². The molecule has 1 spiro atoms. The first-order chi connectivity index (χ1) is 15.9. The highest BCUT2D eigenvalue weighted by Gasteiger charge is 2.49. The molecule has 2 aliphatic rings. The number of para-hydroxylation sites is 1. The van der Waals surface area contributed by atoms with Gasteiger partial charge in [0, 0.05) is 32.7 Å². The molecule has 2 aromatic rings. The number of hydrogen-bond donors (Lipinski definition) is 2.